The summed E-state index contributed by atoms with van der Waals surface area (Å²) in [6.07, 6.45) is 2.76. The quantitative estimate of drug-likeness (QED) is 0.270. The average Bonchev–Trinajstić information content (AvgIpc) is 3.26. The summed E-state index contributed by atoms with van der Waals surface area (Å²) in [5.74, 6) is 1.06. The monoisotopic (exact) mass is 477 g/mol. The van der Waals surface area contributed by atoms with Crippen LogP contribution >= 0.6 is 0 Å². The van der Waals surface area contributed by atoms with Crippen LogP contribution in [0.25, 0.3) is 28.0 Å². The molecule has 0 aliphatic rings. The second kappa shape index (κ2) is 9.71. The van der Waals surface area contributed by atoms with Crippen LogP contribution in [0.15, 0.2) is 54.7 Å². The Kier molecular flexibility index (Phi) is 6.86. The summed E-state index contributed by atoms with van der Waals surface area (Å²) in [4.78, 5) is 9.12. The van der Waals surface area contributed by atoms with E-state index in [1.807, 2.05) is 25.1 Å². The van der Waals surface area contributed by atoms with Crippen LogP contribution in [0.2, 0.25) is 0 Å². The number of pyridine rings is 2. The summed E-state index contributed by atoms with van der Waals surface area (Å²) in [6, 6.07) is 14.4. The van der Waals surface area contributed by atoms with Gasteiger partial charge in [-0.3, -0.25) is 5.73 Å². The first-order valence-electron chi connectivity index (χ1n) is 11.5. The average molecular weight is 478 g/mol. The van der Waals surface area contributed by atoms with Gasteiger partial charge in [-0.05, 0) is 56.7 Å². The molecule has 184 valence electrons. The number of aliphatic hydroxyl groups excluding tert-OH is 1. The largest absolute Gasteiger partial charge is 0.490 e. The van der Waals surface area contributed by atoms with Crippen LogP contribution in [0.1, 0.15) is 45.0 Å². The molecule has 0 spiro atoms. The highest BCUT2D eigenvalue weighted by Gasteiger charge is 2.25. The predicted octanol–water partition coefficient (Wildman–Crippen LogP) is 3.03. The molecule has 0 fully saturated rings. The Balaban J connectivity index is 1.88. The molecule has 35 heavy (non-hydrogen) atoms. The number of hydrogen-bond acceptors (Lipinski definition) is 8. The zero-order chi connectivity index (χ0) is 25.2. The first kappa shape index (κ1) is 24.7. The molecule has 3 aromatic heterocycles. The normalized spacial score (nSPS) is 13.7. The van der Waals surface area contributed by atoms with Crippen LogP contribution in [-0.4, -0.2) is 47.3 Å². The molecule has 0 unspecified atom stereocenters. The van der Waals surface area contributed by atoms with E-state index in [-0.39, 0.29) is 13.2 Å². The number of aromatic nitrogens is 4. The molecule has 1 aromatic carbocycles. The van der Waals surface area contributed by atoms with Crippen LogP contribution in [-0.2, 0) is 12.3 Å². The molecular formula is C26H31N5O4. The van der Waals surface area contributed by atoms with Crippen LogP contribution < -0.4 is 10.5 Å². The highest BCUT2D eigenvalue weighted by Crippen LogP contribution is 2.34. The van der Waals surface area contributed by atoms with Gasteiger partial charge < -0.3 is 20.1 Å². The van der Waals surface area contributed by atoms with Crippen molar-refractivity contribution in [1.29, 1.82) is 0 Å². The van der Waals surface area contributed by atoms with Crippen molar-refractivity contribution in [3.05, 3.63) is 66.1 Å². The van der Waals surface area contributed by atoms with Gasteiger partial charge in [0.2, 0.25) is 0 Å². The second-order valence-electron chi connectivity index (χ2n) is 9.29. The molecule has 9 heteroatoms. The number of benzene rings is 1. The second-order valence-corrected chi connectivity index (χ2v) is 9.29. The third-order valence-electron chi connectivity index (χ3n) is 5.52. The highest BCUT2D eigenvalue weighted by molar-refractivity contribution is 5.90. The molecule has 0 saturated carbocycles. The third kappa shape index (κ3) is 5.49. The molecule has 4 aromatic rings. The van der Waals surface area contributed by atoms with Crippen molar-refractivity contribution in [1.82, 2.24) is 19.7 Å². The summed E-state index contributed by atoms with van der Waals surface area (Å²) in [5, 5.41) is 35.7. The third-order valence-corrected chi connectivity index (χ3v) is 5.52. The van der Waals surface area contributed by atoms with Gasteiger partial charge >= 0.3 is 0 Å². The summed E-state index contributed by atoms with van der Waals surface area (Å²) in [5.41, 5.74) is 6.47. The Hall–Kier alpha value is -3.37. The van der Waals surface area contributed by atoms with E-state index >= 15 is 0 Å². The molecule has 3 heterocycles. The van der Waals surface area contributed by atoms with Gasteiger partial charge in [-0.15, -0.1) is 0 Å². The zero-order valence-corrected chi connectivity index (χ0v) is 20.1. The Morgan fingerprint density at radius 2 is 1.83 bits per heavy atom. The lowest BCUT2D eigenvalue weighted by molar-refractivity contribution is 0.0286. The summed E-state index contributed by atoms with van der Waals surface area (Å²) >= 11 is 0. The Morgan fingerprint density at radius 3 is 2.54 bits per heavy atom. The predicted molar refractivity (Wildman–Crippen MR) is 133 cm³/mol. The number of aliphatic hydroxyl groups is 3. The fourth-order valence-corrected chi connectivity index (χ4v) is 3.82. The molecule has 9 nitrogen and oxygen atoms in total. The van der Waals surface area contributed by atoms with E-state index in [4.69, 9.17) is 10.5 Å². The van der Waals surface area contributed by atoms with Crippen LogP contribution in [0.4, 0.5) is 0 Å². The minimum atomic E-state index is -1.54. The number of ether oxygens (including phenoxy) is 1. The van der Waals surface area contributed by atoms with Gasteiger partial charge in [0.05, 0.1) is 46.4 Å². The van der Waals surface area contributed by atoms with E-state index in [1.165, 1.54) is 0 Å². The molecule has 0 saturated heterocycles. The van der Waals surface area contributed by atoms with Gasteiger partial charge in [0, 0.05) is 5.56 Å². The van der Waals surface area contributed by atoms with Crippen molar-refractivity contribution in [3.8, 4) is 22.8 Å². The lowest BCUT2D eigenvalue weighted by Gasteiger charge is -2.22. The lowest BCUT2D eigenvalue weighted by atomic mass is 10.0. The highest BCUT2D eigenvalue weighted by atomic mass is 16.5. The molecule has 0 amide bonds. The fourth-order valence-electron chi connectivity index (χ4n) is 3.82. The molecule has 4 rings (SSSR count). The molecule has 0 aliphatic heterocycles. The van der Waals surface area contributed by atoms with Crippen molar-refractivity contribution in [2.45, 2.75) is 51.5 Å². The van der Waals surface area contributed by atoms with Crippen LogP contribution in [0.3, 0.4) is 0 Å². The van der Waals surface area contributed by atoms with Crippen molar-refractivity contribution < 1.29 is 20.1 Å². The van der Waals surface area contributed by atoms with Crippen molar-refractivity contribution in [3.63, 3.8) is 0 Å². The molecule has 5 N–H and O–H groups in total. The number of fused-ring (bicyclic) bond motifs is 1. The van der Waals surface area contributed by atoms with E-state index in [2.05, 4.69) is 15.1 Å². The Morgan fingerprint density at radius 1 is 1.06 bits per heavy atom. The van der Waals surface area contributed by atoms with Crippen molar-refractivity contribution >= 4 is 10.9 Å². The molecular weight excluding hydrogens is 446 g/mol. The summed E-state index contributed by atoms with van der Waals surface area (Å²) in [7, 11) is 0. The molecule has 0 radical (unpaired) electrons. The van der Waals surface area contributed by atoms with E-state index in [9.17, 15) is 15.3 Å². The van der Waals surface area contributed by atoms with Gasteiger partial charge in [0.25, 0.3) is 0 Å². The minimum Gasteiger partial charge on any atom is -0.490 e. The first-order chi connectivity index (χ1) is 16.6. The number of nitrogens with two attached hydrogens (primary N) is 1. The number of hydrogen-bond donors (Lipinski definition) is 4. The number of rotatable bonds is 9. The molecule has 0 bridgehead atoms. The summed E-state index contributed by atoms with van der Waals surface area (Å²) < 4.78 is 7.67. The van der Waals surface area contributed by atoms with E-state index < -0.39 is 11.3 Å². The van der Waals surface area contributed by atoms with Gasteiger partial charge in [0.1, 0.15) is 12.4 Å². The van der Waals surface area contributed by atoms with Crippen LogP contribution in [0, 0.1) is 0 Å². The summed E-state index contributed by atoms with van der Waals surface area (Å²) in [6.45, 7) is 5.17. The minimum absolute atomic E-state index is 0.0709. The van der Waals surface area contributed by atoms with Gasteiger partial charge in [-0.25, -0.2) is 14.6 Å². The zero-order valence-electron chi connectivity index (χ0n) is 20.1. The van der Waals surface area contributed by atoms with Crippen molar-refractivity contribution in [2.24, 2.45) is 5.73 Å². The molecule has 1 atom stereocenters. The Labute approximate surface area is 203 Å². The van der Waals surface area contributed by atoms with Crippen molar-refractivity contribution in [2.75, 3.05) is 6.61 Å². The maximum absolute atomic E-state index is 10.7. The van der Waals surface area contributed by atoms with E-state index in [1.54, 1.807) is 55.1 Å². The fraction of sp³-hybridized carbons (Fsp3) is 0.346. The van der Waals surface area contributed by atoms with Gasteiger partial charge in [-0.1, -0.05) is 25.5 Å². The molecule has 0 aliphatic carbocycles. The SMILES string of the molecule is CCC[C@](N)(O)c1cccc(-c2cc(OCC(C)(C)O)c3cnn(-c4cccc(CO)n4)c3c2)n1. The number of nitrogens with zero attached hydrogens (tertiary/aromatic N) is 4. The smallest absolute Gasteiger partial charge is 0.156 e. The van der Waals surface area contributed by atoms with E-state index in [0.717, 1.165) is 10.9 Å². The van der Waals surface area contributed by atoms with Crippen LogP contribution in [0.5, 0.6) is 5.75 Å². The maximum atomic E-state index is 10.7. The lowest BCUT2D eigenvalue weighted by Crippen LogP contribution is -2.37. The van der Waals surface area contributed by atoms with E-state index in [0.29, 0.717) is 47.0 Å². The maximum Gasteiger partial charge on any atom is 0.156 e. The first-order valence-corrected chi connectivity index (χ1v) is 11.5. The standard InChI is InChI=1S/C26H31N5O4/c1-4-11-26(27,34)23-9-6-8-20(30-23)17-12-21-19(22(13-17)35-16-25(2,3)33)14-28-31(21)24-10-5-7-18(15-32)29-24/h5-10,12-14,32-34H,4,11,15-16,27H2,1-3H3/t26-/m0/s1. The Bertz CT molecular complexity index is 1330. The van der Waals surface area contributed by atoms with Gasteiger partial charge in [-0.2, -0.15) is 5.10 Å². The van der Waals surface area contributed by atoms with Gasteiger partial charge in [0.15, 0.2) is 11.5 Å². The topological polar surface area (TPSA) is 140 Å².